The molecule has 4 nitrogen and oxygen atoms in total. The summed E-state index contributed by atoms with van der Waals surface area (Å²) in [5.74, 6) is 0. The van der Waals surface area contributed by atoms with Gasteiger partial charge >= 0.3 is 0 Å². The van der Waals surface area contributed by atoms with Crippen molar-refractivity contribution in [2.75, 3.05) is 19.7 Å². The number of ether oxygens (including phenoxy) is 1. The Hall–Kier alpha value is -1.04. The Morgan fingerprint density at radius 1 is 1.53 bits per heavy atom. The molecule has 1 aliphatic heterocycles. The summed E-state index contributed by atoms with van der Waals surface area (Å²) < 4.78 is 5.65. The number of nitrogens with zero attached hydrogens (tertiary/aromatic N) is 2. The first kappa shape index (κ1) is 9.21. The van der Waals surface area contributed by atoms with Gasteiger partial charge in [-0.3, -0.25) is 0 Å². The zero-order valence-electron chi connectivity index (χ0n) is 8.14. The van der Waals surface area contributed by atoms with Crippen LogP contribution in [-0.2, 0) is 4.74 Å². The second-order valence-electron chi connectivity index (χ2n) is 3.44. The highest BCUT2D eigenvalue weighted by Gasteiger charge is 2.19. The molecular weight excluding hydrogens is 210 g/mol. The summed E-state index contributed by atoms with van der Waals surface area (Å²) in [7, 11) is 0. The second-order valence-corrected chi connectivity index (χ2v) is 4.45. The minimum Gasteiger partial charge on any atom is -0.368 e. The summed E-state index contributed by atoms with van der Waals surface area (Å²) in [6.45, 7) is 2.54. The molecule has 0 spiro atoms. The number of pyridine rings is 1. The molecule has 3 rings (SSSR count). The quantitative estimate of drug-likeness (QED) is 0.789. The fraction of sp³-hybridized carbons (Fsp3) is 0.400. The van der Waals surface area contributed by atoms with E-state index < -0.39 is 0 Å². The number of fused-ring (bicyclic) bond motifs is 1. The van der Waals surface area contributed by atoms with Gasteiger partial charge in [-0.15, -0.1) is 0 Å². The Balaban J connectivity index is 1.96. The first-order chi connectivity index (χ1) is 7.43. The van der Waals surface area contributed by atoms with Crippen molar-refractivity contribution in [3.05, 3.63) is 23.3 Å². The maximum atomic E-state index is 5.65. The third-order valence-electron chi connectivity index (χ3n) is 2.39. The van der Waals surface area contributed by atoms with Gasteiger partial charge in [-0.2, -0.15) is 0 Å². The van der Waals surface area contributed by atoms with E-state index in [0.29, 0.717) is 0 Å². The van der Waals surface area contributed by atoms with E-state index in [1.165, 1.54) is 0 Å². The van der Waals surface area contributed by atoms with E-state index in [0.717, 1.165) is 35.1 Å². The number of thiazole rings is 1. The minimum atomic E-state index is 0.0953. The number of hydrogen-bond acceptors (Lipinski definition) is 5. The molecule has 3 heterocycles. The Bertz CT molecular complexity index is 431. The van der Waals surface area contributed by atoms with Crippen molar-refractivity contribution in [3.8, 4) is 0 Å². The van der Waals surface area contributed by atoms with Crippen molar-refractivity contribution < 1.29 is 4.74 Å². The van der Waals surface area contributed by atoms with Crippen molar-refractivity contribution in [2.24, 2.45) is 0 Å². The van der Waals surface area contributed by atoms with Crippen molar-refractivity contribution in [1.29, 1.82) is 0 Å². The molecule has 2 aromatic rings. The maximum absolute atomic E-state index is 5.65. The van der Waals surface area contributed by atoms with Gasteiger partial charge in [-0.25, -0.2) is 9.97 Å². The maximum Gasteiger partial charge on any atom is 0.143 e. The Morgan fingerprint density at radius 3 is 3.33 bits per heavy atom. The summed E-state index contributed by atoms with van der Waals surface area (Å²) in [4.78, 5) is 9.79. The van der Waals surface area contributed by atoms with E-state index in [4.69, 9.17) is 4.74 Å². The zero-order valence-corrected chi connectivity index (χ0v) is 8.96. The van der Waals surface area contributed by atoms with Crippen molar-refractivity contribution >= 4 is 21.7 Å². The third-order valence-corrected chi connectivity index (χ3v) is 3.46. The van der Waals surface area contributed by atoms with Crippen molar-refractivity contribution in [1.82, 2.24) is 15.3 Å². The van der Waals surface area contributed by atoms with Crippen LogP contribution in [0.25, 0.3) is 10.3 Å². The predicted molar refractivity (Wildman–Crippen MR) is 59.0 cm³/mol. The van der Waals surface area contributed by atoms with Crippen LogP contribution in [0.2, 0.25) is 0 Å². The predicted octanol–water partition coefficient (Wildman–Crippen LogP) is 1.35. The van der Waals surface area contributed by atoms with Gasteiger partial charge in [0.25, 0.3) is 0 Å². The van der Waals surface area contributed by atoms with Gasteiger partial charge < -0.3 is 10.1 Å². The lowest BCUT2D eigenvalue weighted by atomic mass is 10.3. The average molecular weight is 221 g/mol. The molecule has 1 saturated heterocycles. The largest absolute Gasteiger partial charge is 0.368 e. The highest BCUT2D eigenvalue weighted by atomic mass is 32.1. The molecule has 0 amide bonds. The van der Waals surface area contributed by atoms with Crippen LogP contribution in [0.5, 0.6) is 0 Å². The highest BCUT2D eigenvalue weighted by Crippen LogP contribution is 2.27. The van der Waals surface area contributed by atoms with E-state index in [9.17, 15) is 0 Å². The SMILES string of the molecule is c1cnc2sc(C3CNCCO3)nc2c1. The molecule has 0 aromatic carbocycles. The number of hydrogen-bond donors (Lipinski definition) is 1. The number of morpholine rings is 1. The normalized spacial score (nSPS) is 22.0. The van der Waals surface area contributed by atoms with Crippen LogP contribution in [0.4, 0.5) is 0 Å². The molecule has 2 aromatic heterocycles. The van der Waals surface area contributed by atoms with Gasteiger partial charge in [-0.05, 0) is 12.1 Å². The Morgan fingerprint density at radius 2 is 2.53 bits per heavy atom. The van der Waals surface area contributed by atoms with Gasteiger partial charge in [0.15, 0.2) is 0 Å². The first-order valence-electron chi connectivity index (χ1n) is 4.97. The van der Waals surface area contributed by atoms with Gasteiger partial charge in [0.1, 0.15) is 21.5 Å². The topological polar surface area (TPSA) is 47.0 Å². The zero-order chi connectivity index (χ0) is 10.1. The Kier molecular flexibility index (Phi) is 2.36. The van der Waals surface area contributed by atoms with Crippen LogP contribution in [0.15, 0.2) is 18.3 Å². The molecule has 1 unspecified atom stereocenters. The second kappa shape index (κ2) is 3.84. The first-order valence-corrected chi connectivity index (χ1v) is 5.79. The monoisotopic (exact) mass is 221 g/mol. The fourth-order valence-corrected chi connectivity index (χ4v) is 2.61. The molecule has 1 aliphatic rings. The summed E-state index contributed by atoms with van der Waals surface area (Å²) in [6, 6.07) is 3.89. The lowest BCUT2D eigenvalue weighted by Gasteiger charge is -2.21. The lowest BCUT2D eigenvalue weighted by molar-refractivity contribution is 0.0277. The van der Waals surface area contributed by atoms with E-state index in [-0.39, 0.29) is 6.10 Å². The standard InChI is InChI=1S/C10H11N3OS/c1-2-7-9(12-3-1)15-10(13-7)8-6-11-4-5-14-8/h1-3,8,11H,4-6H2. The highest BCUT2D eigenvalue weighted by molar-refractivity contribution is 7.18. The molecule has 5 heteroatoms. The van der Waals surface area contributed by atoms with Crippen molar-refractivity contribution in [3.63, 3.8) is 0 Å². The van der Waals surface area contributed by atoms with E-state index in [1.807, 2.05) is 12.1 Å². The summed E-state index contributed by atoms with van der Waals surface area (Å²) in [5, 5.41) is 4.32. The summed E-state index contributed by atoms with van der Waals surface area (Å²) in [5.41, 5.74) is 0.965. The van der Waals surface area contributed by atoms with Gasteiger partial charge in [0.2, 0.25) is 0 Å². The van der Waals surface area contributed by atoms with Crippen LogP contribution >= 0.6 is 11.3 Å². The molecule has 1 atom stereocenters. The molecule has 0 bridgehead atoms. The molecule has 1 N–H and O–H groups in total. The number of nitrogens with one attached hydrogen (secondary N) is 1. The minimum absolute atomic E-state index is 0.0953. The number of rotatable bonds is 1. The Labute approximate surface area is 91.3 Å². The van der Waals surface area contributed by atoms with Crippen LogP contribution in [0.3, 0.4) is 0 Å². The van der Waals surface area contributed by atoms with Gasteiger partial charge in [0.05, 0.1) is 6.61 Å². The summed E-state index contributed by atoms with van der Waals surface area (Å²) >= 11 is 1.62. The molecule has 0 saturated carbocycles. The molecule has 0 aliphatic carbocycles. The molecule has 78 valence electrons. The smallest absolute Gasteiger partial charge is 0.143 e. The third kappa shape index (κ3) is 1.73. The van der Waals surface area contributed by atoms with Crippen LogP contribution in [0, 0.1) is 0 Å². The molecule has 15 heavy (non-hydrogen) atoms. The lowest BCUT2D eigenvalue weighted by Crippen LogP contribution is -2.33. The van der Waals surface area contributed by atoms with Gasteiger partial charge in [-0.1, -0.05) is 11.3 Å². The molecular formula is C10H11N3OS. The van der Waals surface area contributed by atoms with E-state index in [2.05, 4.69) is 15.3 Å². The van der Waals surface area contributed by atoms with E-state index in [1.54, 1.807) is 17.5 Å². The molecule has 0 radical (unpaired) electrons. The molecule has 1 fully saturated rings. The van der Waals surface area contributed by atoms with Crippen LogP contribution in [0.1, 0.15) is 11.1 Å². The van der Waals surface area contributed by atoms with Crippen LogP contribution < -0.4 is 5.32 Å². The van der Waals surface area contributed by atoms with E-state index >= 15 is 0 Å². The average Bonchev–Trinajstić information content (AvgIpc) is 2.74. The van der Waals surface area contributed by atoms with Crippen LogP contribution in [-0.4, -0.2) is 29.7 Å². The fourth-order valence-electron chi connectivity index (χ4n) is 1.65. The summed E-state index contributed by atoms with van der Waals surface area (Å²) in [6.07, 6.45) is 1.89. The van der Waals surface area contributed by atoms with Gasteiger partial charge in [0, 0.05) is 19.3 Å². The van der Waals surface area contributed by atoms with Crippen molar-refractivity contribution in [2.45, 2.75) is 6.10 Å². The number of aromatic nitrogens is 2.